The van der Waals surface area contributed by atoms with Gasteiger partial charge in [0.05, 0.1) is 11.9 Å². The molecule has 3 heterocycles. The number of aromatic nitrogens is 2. The summed E-state index contributed by atoms with van der Waals surface area (Å²) in [6.07, 6.45) is 6.93. The molecule has 1 amide bonds. The number of hydrogen-bond acceptors (Lipinski definition) is 5. The van der Waals surface area contributed by atoms with Crippen molar-refractivity contribution in [2.24, 2.45) is 0 Å². The lowest BCUT2D eigenvalue weighted by Gasteiger charge is -2.34. The van der Waals surface area contributed by atoms with Crippen molar-refractivity contribution in [3.8, 4) is 0 Å². The third-order valence-corrected chi connectivity index (χ3v) is 5.11. The molecule has 6 heteroatoms. The maximum absolute atomic E-state index is 12.8. The quantitative estimate of drug-likeness (QED) is 0.836. The summed E-state index contributed by atoms with van der Waals surface area (Å²) in [5.74, 6) is 0.426. The molecule has 0 saturated carbocycles. The van der Waals surface area contributed by atoms with E-state index in [4.69, 9.17) is 0 Å². The Kier molecular flexibility index (Phi) is 5.79. The van der Waals surface area contributed by atoms with Crippen LogP contribution in [0.25, 0.3) is 0 Å². The van der Waals surface area contributed by atoms with E-state index in [-0.39, 0.29) is 5.91 Å². The average Bonchev–Trinajstić information content (AvgIpc) is 2.62. The Balaban J connectivity index is 1.64. The third-order valence-electron chi connectivity index (χ3n) is 5.11. The van der Waals surface area contributed by atoms with E-state index in [1.807, 2.05) is 11.1 Å². The summed E-state index contributed by atoms with van der Waals surface area (Å²) < 4.78 is 0. The third kappa shape index (κ3) is 4.11. The molecule has 24 heavy (non-hydrogen) atoms. The number of amides is 1. The van der Waals surface area contributed by atoms with Crippen molar-refractivity contribution < 1.29 is 4.79 Å². The Labute approximate surface area is 144 Å². The van der Waals surface area contributed by atoms with Crippen LogP contribution in [0.4, 0.5) is 0 Å². The molecule has 0 bridgehead atoms. The predicted octanol–water partition coefficient (Wildman–Crippen LogP) is 1.45. The normalized spacial score (nSPS) is 23.4. The van der Waals surface area contributed by atoms with Gasteiger partial charge in [0.2, 0.25) is 0 Å². The zero-order valence-electron chi connectivity index (χ0n) is 14.9. The van der Waals surface area contributed by atoms with Gasteiger partial charge < -0.3 is 9.80 Å². The second kappa shape index (κ2) is 8.03. The van der Waals surface area contributed by atoms with E-state index >= 15 is 0 Å². The molecule has 2 fully saturated rings. The number of hydrogen-bond donors (Lipinski definition) is 0. The van der Waals surface area contributed by atoms with E-state index in [0.717, 1.165) is 64.3 Å². The number of carbonyl (C=O) groups is 1. The van der Waals surface area contributed by atoms with Crippen LogP contribution in [0, 0.1) is 0 Å². The molecular formula is C18H29N5O. The zero-order valence-corrected chi connectivity index (χ0v) is 14.9. The number of likely N-dealkylation sites (N-methyl/N-ethyl adjacent to an activating group) is 1. The van der Waals surface area contributed by atoms with Crippen LogP contribution in [0.5, 0.6) is 0 Å². The van der Waals surface area contributed by atoms with E-state index in [0.29, 0.717) is 11.6 Å². The van der Waals surface area contributed by atoms with E-state index in [9.17, 15) is 4.79 Å². The van der Waals surface area contributed by atoms with Gasteiger partial charge in [0.25, 0.3) is 5.91 Å². The lowest BCUT2D eigenvalue weighted by atomic mass is 9.95. The van der Waals surface area contributed by atoms with E-state index in [2.05, 4.69) is 33.7 Å². The SMILES string of the molecule is CCCN1CCN(C(=O)c2cncc([C@@H]3CCCN(C)C3)n2)CC1. The number of likely N-dealkylation sites (tertiary alicyclic amines) is 1. The molecular weight excluding hydrogens is 302 g/mol. The number of piperidine rings is 1. The van der Waals surface area contributed by atoms with Crippen LogP contribution in [0.3, 0.4) is 0 Å². The average molecular weight is 331 g/mol. The van der Waals surface area contributed by atoms with Crippen molar-refractivity contribution in [2.75, 3.05) is 52.9 Å². The minimum absolute atomic E-state index is 0.0321. The monoisotopic (exact) mass is 331 g/mol. The van der Waals surface area contributed by atoms with Gasteiger partial charge >= 0.3 is 0 Å². The second-order valence-electron chi connectivity index (χ2n) is 7.06. The molecule has 0 spiro atoms. The van der Waals surface area contributed by atoms with Gasteiger partial charge in [-0.25, -0.2) is 4.98 Å². The standard InChI is InChI=1S/C18H29N5O/c1-3-6-22-8-10-23(11-9-22)18(24)17-13-19-12-16(20-17)15-5-4-7-21(2)14-15/h12-13,15H,3-11,14H2,1-2H3/t15-/m1/s1. The first kappa shape index (κ1) is 17.3. The Morgan fingerprint density at radius 1 is 1.21 bits per heavy atom. The highest BCUT2D eigenvalue weighted by atomic mass is 16.2. The van der Waals surface area contributed by atoms with Gasteiger partial charge in [-0.2, -0.15) is 0 Å². The first-order valence-corrected chi connectivity index (χ1v) is 9.19. The van der Waals surface area contributed by atoms with Gasteiger partial charge in [-0.1, -0.05) is 6.92 Å². The summed E-state index contributed by atoms with van der Waals surface area (Å²) in [7, 11) is 2.14. The fourth-order valence-electron chi connectivity index (χ4n) is 3.74. The van der Waals surface area contributed by atoms with Crippen LogP contribution >= 0.6 is 0 Å². The highest BCUT2D eigenvalue weighted by molar-refractivity contribution is 5.92. The molecule has 6 nitrogen and oxygen atoms in total. The minimum atomic E-state index is 0.0321. The molecule has 0 aromatic carbocycles. The number of nitrogens with zero attached hydrogens (tertiary/aromatic N) is 5. The molecule has 1 atom stereocenters. The maximum atomic E-state index is 12.8. The molecule has 132 valence electrons. The Hall–Kier alpha value is -1.53. The van der Waals surface area contributed by atoms with Crippen LogP contribution in [0.1, 0.15) is 48.3 Å². The number of rotatable bonds is 4. The van der Waals surface area contributed by atoms with E-state index in [1.165, 1.54) is 6.42 Å². The molecule has 1 aromatic heterocycles. The highest BCUT2D eigenvalue weighted by Crippen LogP contribution is 2.24. The van der Waals surface area contributed by atoms with Gasteiger partial charge in [0.15, 0.2) is 0 Å². The van der Waals surface area contributed by atoms with Crippen molar-refractivity contribution in [1.82, 2.24) is 24.7 Å². The maximum Gasteiger partial charge on any atom is 0.274 e. The van der Waals surface area contributed by atoms with Gasteiger partial charge in [-0.05, 0) is 39.4 Å². The van der Waals surface area contributed by atoms with Crippen molar-refractivity contribution in [3.63, 3.8) is 0 Å². The molecule has 2 saturated heterocycles. The summed E-state index contributed by atoms with van der Waals surface area (Å²) >= 11 is 0. The molecule has 2 aliphatic heterocycles. The molecule has 2 aliphatic rings. The summed E-state index contributed by atoms with van der Waals surface area (Å²) in [5.41, 5.74) is 1.47. The fourth-order valence-corrected chi connectivity index (χ4v) is 3.74. The summed E-state index contributed by atoms with van der Waals surface area (Å²) in [6.45, 7) is 8.95. The Morgan fingerprint density at radius 3 is 2.71 bits per heavy atom. The van der Waals surface area contributed by atoms with Crippen LogP contribution in [-0.2, 0) is 0 Å². The molecule has 0 radical (unpaired) electrons. The molecule has 0 unspecified atom stereocenters. The van der Waals surface area contributed by atoms with E-state index < -0.39 is 0 Å². The Morgan fingerprint density at radius 2 is 2.00 bits per heavy atom. The van der Waals surface area contributed by atoms with Crippen molar-refractivity contribution in [1.29, 1.82) is 0 Å². The molecule has 1 aromatic rings. The molecule has 0 aliphatic carbocycles. The second-order valence-corrected chi connectivity index (χ2v) is 7.06. The molecule has 3 rings (SSSR count). The van der Waals surface area contributed by atoms with Gasteiger partial charge in [-0.15, -0.1) is 0 Å². The van der Waals surface area contributed by atoms with E-state index in [1.54, 1.807) is 6.20 Å². The number of piperazine rings is 1. The molecule has 0 N–H and O–H groups in total. The van der Waals surface area contributed by atoms with Gasteiger partial charge in [0, 0.05) is 44.8 Å². The lowest BCUT2D eigenvalue weighted by Crippen LogP contribution is -2.49. The van der Waals surface area contributed by atoms with Crippen molar-refractivity contribution in [2.45, 2.75) is 32.1 Å². The first-order valence-electron chi connectivity index (χ1n) is 9.19. The van der Waals surface area contributed by atoms with Crippen LogP contribution < -0.4 is 0 Å². The van der Waals surface area contributed by atoms with Crippen LogP contribution in [0.2, 0.25) is 0 Å². The smallest absolute Gasteiger partial charge is 0.274 e. The van der Waals surface area contributed by atoms with Crippen LogP contribution in [-0.4, -0.2) is 83.4 Å². The van der Waals surface area contributed by atoms with Gasteiger partial charge in [0.1, 0.15) is 5.69 Å². The lowest BCUT2D eigenvalue weighted by molar-refractivity contribution is 0.0630. The fraction of sp³-hybridized carbons (Fsp3) is 0.722. The highest BCUT2D eigenvalue weighted by Gasteiger charge is 2.25. The predicted molar refractivity (Wildman–Crippen MR) is 94.1 cm³/mol. The summed E-state index contributed by atoms with van der Waals surface area (Å²) in [5, 5.41) is 0. The number of carbonyl (C=O) groups excluding carboxylic acids is 1. The van der Waals surface area contributed by atoms with Crippen LogP contribution in [0.15, 0.2) is 12.4 Å². The zero-order chi connectivity index (χ0) is 16.9. The van der Waals surface area contributed by atoms with Crippen molar-refractivity contribution >= 4 is 5.91 Å². The van der Waals surface area contributed by atoms with Crippen molar-refractivity contribution in [3.05, 3.63) is 23.8 Å². The van der Waals surface area contributed by atoms with Gasteiger partial charge in [-0.3, -0.25) is 14.7 Å². The minimum Gasteiger partial charge on any atom is -0.335 e. The summed E-state index contributed by atoms with van der Waals surface area (Å²) in [6, 6.07) is 0. The Bertz CT molecular complexity index is 556. The largest absolute Gasteiger partial charge is 0.335 e. The topological polar surface area (TPSA) is 52.6 Å². The first-order chi connectivity index (χ1) is 11.7. The summed E-state index contributed by atoms with van der Waals surface area (Å²) in [4.78, 5) is 28.4.